The summed E-state index contributed by atoms with van der Waals surface area (Å²) in [6.45, 7) is 0.543. The van der Waals surface area contributed by atoms with Gasteiger partial charge in [-0.1, -0.05) is 42.5 Å². The van der Waals surface area contributed by atoms with Crippen LogP contribution in [-0.4, -0.2) is 38.3 Å². The molecule has 0 radical (unpaired) electrons. The highest BCUT2D eigenvalue weighted by Crippen LogP contribution is 2.30. The summed E-state index contributed by atoms with van der Waals surface area (Å²) in [5, 5.41) is 5.80. The van der Waals surface area contributed by atoms with E-state index in [0.717, 1.165) is 11.3 Å². The lowest BCUT2D eigenvalue weighted by molar-refractivity contribution is -0.113. The minimum atomic E-state index is -0.179. The first kappa shape index (κ1) is 23.2. The third-order valence-electron chi connectivity index (χ3n) is 4.70. The standard InChI is InChI=1S/C25H26N2O4S/c1-30-21-13-12-19(16-22(21)31-2)27-24(28)17-32-23-11-7-6-10-20(23)25(29)26-15-14-18-8-4-3-5-9-18/h3-13,16H,14-15,17H2,1-2H3,(H,26,29)(H,27,28). The molecule has 0 aliphatic carbocycles. The van der Waals surface area contributed by atoms with Crippen molar-refractivity contribution in [1.29, 1.82) is 0 Å². The van der Waals surface area contributed by atoms with Gasteiger partial charge in [0.15, 0.2) is 11.5 Å². The van der Waals surface area contributed by atoms with Crippen LogP contribution in [0.3, 0.4) is 0 Å². The molecule has 2 amide bonds. The number of carbonyl (C=O) groups excluding carboxylic acids is 2. The maximum Gasteiger partial charge on any atom is 0.252 e. The molecular formula is C25H26N2O4S. The molecule has 2 N–H and O–H groups in total. The Kier molecular flexibility index (Phi) is 8.57. The lowest BCUT2D eigenvalue weighted by Gasteiger charge is -2.12. The molecule has 0 aromatic heterocycles. The monoisotopic (exact) mass is 450 g/mol. The van der Waals surface area contributed by atoms with Gasteiger partial charge in [-0.3, -0.25) is 9.59 Å². The van der Waals surface area contributed by atoms with Crippen LogP contribution in [0.15, 0.2) is 77.7 Å². The van der Waals surface area contributed by atoms with Crippen molar-refractivity contribution in [3.05, 3.63) is 83.9 Å². The van der Waals surface area contributed by atoms with Gasteiger partial charge in [0, 0.05) is 23.2 Å². The van der Waals surface area contributed by atoms with E-state index in [9.17, 15) is 9.59 Å². The molecule has 0 aliphatic heterocycles. The highest BCUT2D eigenvalue weighted by Gasteiger charge is 2.13. The molecule has 32 heavy (non-hydrogen) atoms. The van der Waals surface area contributed by atoms with Crippen LogP contribution in [0.5, 0.6) is 11.5 Å². The highest BCUT2D eigenvalue weighted by molar-refractivity contribution is 8.00. The van der Waals surface area contributed by atoms with E-state index in [-0.39, 0.29) is 17.6 Å². The molecule has 0 saturated heterocycles. The minimum Gasteiger partial charge on any atom is -0.493 e. The number of anilines is 1. The highest BCUT2D eigenvalue weighted by atomic mass is 32.2. The fraction of sp³-hybridized carbons (Fsp3) is 0.200. The first-order chi connectivity index (χ1) is 15.6. The molecule has 0 aliphatic rings. The first-order valence-corrected chi connectivity index (χ1v) is 11.1. The van der Waals surface area contributed by atoms with Crippen LogP contribution in [0.4, 0.5) is 5.69 Å². The average molecular weight is 451 g/mol. The van der Waals surface area contributed by atoms with Gasteiger partial charge in [-0.05, 0) is 36.2 Å². The Morgan fingerprint density at radius 3 is 2.34 bits per heavy atom. The van der Waals surface area contributed by atoms with Crippen molar-refractivity contribution >= 4 is 29.3 Å². The Balaban J connectivity index is 1.55. The summed E-state index contributed by atoms with van der Waals surface area (Å²) in [6, 6.07) is 22.5. The summed E-state index contributed by atoms with van der Waals surface area (Å²) < 4.78 is 10.5. The van der Waals surface area contributed by atoms with Crippen LogP contribution in [-0.2, 0) is 11.2 Å². The van der Waals surface area contributed by atoms with Crippen molar-refractivity contribution in [3.63, 3.8) is 0 Å². The normalized spacial score (nSPS) is 10.3. The number of amides is 2. The van der Waals surface area contributed by atoms with E-state index in [2.05, 4.69) is 10.6 Å². The van der Waals surface area contributed by atoms with Gasteiger partial charge in [0.2, 0.25) is 5.91 Å². The lowest BCUT2D eigenvalue weighted by atomic mass is 10.1. The lowest BCUT2D eigenvalue weighted by Crippen LogP contribution is -2.26. The largest absolute Gasteiger partial charge is 0.493 e. The van der Waals surface area contributed by atoms with Crippen molar-refractivity contribution in [1.82, 2.24) is 5.32 Å². The summed E-state index contributed by atoms with van der Waals surface area (Å²) in [6.07, 6.45) is 0.760. The Morgan fingerprint density at radius 1 is 0.875 bits per heavy atom. The summed E-state index contributed by atoms with van der Waals surface area (Å²) in [4.78, 5) is 25.9. The zero-order valence-corrected chi connectivity index (χ0v) is 18.9. The maximum atomic E-state index is 12.7. The van der Waals surface area contributed by atoms with Gasteiger partial charge in [0.1, 0.15) is 0 Å². The van der Waals surface area contributed by atoms with Gasteiger partial charge >= 0.3 is 0 Å². The third-order valence-corrected chi connectivity index (χ3v) is 5.77. The molecule has 0 spiro atoms. The van der Waals surface area contributed by atoms with Crippen LogP contribution < -0.4 is 20.1 Å². The van der Waals surface area contributed by atoms with Crippen molar-refractivity contribution < 1.29 is 19.1 Å². The van der Waals surface area contributed by atoms with Crippen LogP contribution in [0.2, 0.25) is 0 Å². The predicted octanol–water partition coefficient (Wildman–Crippen LogP) is 4.41. The van der Waals surface area contributed by atoms with Crippen LogP contribution in [0, 0.1) is 0 Å². The topological polar surface area (TPSA) is 76.7 Å². The van der Waals surface area contributed by atoms with Crippen LogP contribution in [0.25, 0.3) is 0 Å². The van der Waals surface area contributed by atoms with Crippen molar-refractivity contribution in [3.8, 4) is 11.5 Å². The second-order valence-corrected chi connectivity index (χ2v) is 7.91. The zero-order valence-electron chi connectivity index (χ0n) is 18.1. The van der Waals surface area contributed by atoms with Gasteiger partial charge in [0.05, 0.1) is 25.5 Å². The molecule has 7 heteroatoms. The summed E-state index contributed by atoms with van der Waals surface area (Å²) in [5.41, 5.74) is 2.34. The quantitative estimate of drug-likeness (QED) is 0.448. The number of nitrogens with one attached hydrogen (secondary N) is 2. The summed E-state index contributed by atoms with van der Waals surface area (Å²) in [5.74, 6) is 0.969. The number of hydrogen-bond donors (Lipinski definition) is 2. The Bertz CT molecular complexity index is 1060. The zero-order chi connectivity index (χ0) is 22.8. The molecule has 0 heterocycles. The van der Waals surface area contributed by atoms with Crippen molar-refractivity contribution in [2.24, 2.45) is 0 Å². The van der Waals surface area contributed by atoms with E-state index in [4.69, 9.17) is 9.47 Å². The van der Waals surface area contributed by atoms with Gasteiger partial charge in [-0.2, -0.15) is 0 Å². The smallest absolute Gasteiger partial charge is 0.252 e. The van der Waals surface area contributed by atoms with Gasteiger partial charge in [-0.15, -0.1) is 11.8 Å². The Labute approximate surface area is 192 Å². The van der Waals surface area contributed by atoms with E-state index >= 15 is 0 Å². The second-order valence-electron chi connectivity index (χ2n) is 6.89. The maximum absolute atomic E-state index is 12.7. The third kappa shape index (κ3) is 6.52. The van der Waals surface area contributed by atoms with Crippen molar-refractivity contribution in [2.45, 2.75) is 11.3 Å². The number of rotatable bonds is 10. The fourth-order valence-corrected chi connectivity index (χ4v) is 3.94. The van der Waals surface area contributed by atoms with Crippen molar-refractivity contribution in [2.75, 3.05) is 31.8 Å². The number of hydrogen-bond acceptors (Lipinski definition) is 5. The molecule has 0 saturated carbocycles. The van der Waals surface area contributed by atoms with Crippen LogP contribution >= 0.6 is 11.8 Å². The number of methoxy groups -OCH3 is 2. The van der Waals surface area contributed by atoms with E-state index in [1.807, 2.05) is 48.5 Å². The fourth-order valence-electron chi connectivity index (χ4n) is 3.09. The van der Waals surface area contributed by atoms with E-state index in [1.54, 1.807) is 38.5 Å². The Morgan fingerprint density at radius 2 is 1.59 bits per heavy atom. The van der Waals surface area contributed by atoms with Crippen LogP contribution in [0.1, 0.15) is 15.9 Å². The number of carbonyl (C=O) groups is 2. The minimum absolute atomic E-state index is 0.149. The van der Waals surface area contributed by atoms with E-state index in [1.165, 1.54) is 17.3 Å². The molecule has 0 bridgehead atoms. The number of ether oxygens (including phenoxy) is 2. The first-order valence-electron chi connectivity index (χ1n) is 10.2. The van der Waals surface area contributed by atoms with E-state index in [0.29, 0.717) is 29.3 Å². The van der Waals surface area contributed by atoms with Gasteiger partial charge in [-0.25, -0.2) is 0 Å². The molecule has 0 unspecified atom stereocenters. The predicted molar refractivity (Wildman–Crippen MR) is 128 cm³/mol. The molecule has 3 aromatic rings. The number of thioether (sulfide) groups is 1. The Hall–Kier alpha value is -3.45. The molecular weight excluding hydrogens is 424 g/mol. The molecule has 0 fully saturated rings. The van der Waals surface area contributed by atoms with Gasteiger partial charge in [0.25, 0.3) is 5.91 Å². The number of benzene rings is 3. The molecule has 166 valence electrons. The summed E-state index contributed by atoms with van der Waals surface area (Å²) >= 11 is 1.32. The molecule has 3 rings (SSSR count). The van der Waals surface area contributed by atoms with E-state index < -0.39 is 0 Å². The molecule has 0 atom stereocenters. The van der Waals surface area contributed by atoms with Gasteiger partial charge < -0.3 is 20.1 Å². The second kappa shape index (κ2) is 11.8. The molecule has 3 aromatic carbocycles. The summed E-state index contributed by atoms with van der Waals surface area (Å²) in [7, 11) is 3.10. The molecule has 6 nitrogen and oxygen atoms in total. The SMILES string of the molecule is COc1ccc(NC(=O)CSc2ccccc2C(=O)NCCc2ccccc2)cc1OC. The average Bonchev–Trinajstić information content (AvgIpc) is 2.83.